The first-order chi connectivity index (χ1) is 10.9. The van der Waals surface area contributed by atoms with Crippen LogP contribution in [0.25, 0.3) is 0 Å². The van der Waals surface area contributed by atoms with Crippen LogP contribution >= 0.6 is 0 Å². The van der Waals surface area contributed by atoms with Gasteiger partial charge in [0, 0.05) is 13.1 Å². The van der Waals surface area contributed by atoms with Gasteiger partial charge in [-0.25, -0.2) is 17.2 Å². The molecular formula is C16H17F2NO3S. The highest BCUT2D eigenvalue weighted by Crippen LogP contribution is 2.19. The molecule has 0 bridgehead atoms. The summed E-state index contributed by atoms with van der Waals surface area (Å²) in [6.07, 6.45) is 0.448. The maximum absolute atomic E-state index is 13.3. The minimum atomic E-state index is -4.01. The Balaban J connectivity index is 2.22. The summed E-state index contributed by atoms with van der Waals surface area (Å²) in [7, 11) is -4.01. The van der Waals surface area contributed by atoms with E-state index in [1.807, 2.05) is 30.3 Å². The van der Waals surface area contributed by atoms with Gasteiger partial charge in [-0.2, -0.15) is 4.31 Å². The van der Waals surface area contributed by atoms with Crippen LogP contribution in [0.2, 0.25) is 0 Å². The predicted octanol–water partition coefficient (Wildman–Crippen LogP) is 2.19. The Morgan fingerprint density at radius 3 is 2.26 bits per heavy atom. The van der Waals surface area contributed by atoms with Gasteiger partial charge in [-0.3, -0.25) is 0 Å². The Bertz CT molecular complexity index is 751. The first-order valence-corrected chi connectivity index (χ1v) is 8.49. The van der Waals surface area contributed by atoms with E-state index in [2.05, 4.69) is 0 Å². The fourth-order valence-electron chi connectivity index (χ4n) is 2.15. The second kappa shape index (κ2) is 7.63. The normalized spacial score (nSPS) is 11.8. The zero-order valence-corrected chi connectivity index (χ0v) is 13.1. The quantitative estimate of drug-likeness (QED) is 0.840. The maximum atomic E-state index is 13.3. The smallest absolute Gasteiger partial charge is 0.243 e. The van der Waals surface area contributed by atoms with Crippen molar-refractivity contribution < 1.29 is 22.3 Å². The first kappa shape index (κ1) is 17.5. The molecule has 2 aromatic rings. The number of nitrogens with zero attached hydrogens (tertiary/aromatic N) is 1. The van der Waals surface area contributed by atoms with Crippen molar-refractivity contribution in [3.8, 4) is 0 Å². The molecule has 7 heteroatoms. The van der Waals surface area contributed by atoms with Crippen LogP contribution < -0.4 is 0 Å². The fourth-order valence-corrected chi connectivity index (χ4v) is 3.59. The molecule has 2 rings (SSSR count). The van der Waals surface area contributed by atoms with E-state index < -0.39 is 21.7 Å². The minimum absolute atomic E-state index is 0.117. The zero-order chi connectivity index (χ0) is 16.9. The monoisotopic (exact) mass is 341 g/mol. The molecule has 0 fully saturated rings. The Labute approximate surface area is 134 Å². The Morgan fingerprint density at radius 1 is 0.957 bits per heavy atom. The molecule has 0 saturated carbocycles. The van der Waals surface area contributed by atoms with E-state index in [4.69, 9.17) is 5.11 Å². The van der Waals surface area contributed by atoms with Crippen molar-refractivity contribution in [2.45, 2.75) is 11.3 Å². The van der Waals surface area contributed by atoms with Crippen LogP contribution in [0.3, 0.4) is 0 Å². The molecule has 0 radical (unpaired) electrons. The maximum Gasteiger partial charge on any atom is 0.243 e. The van der Waals surface area contributed by atoms with Gasteiger partial charge in [0.25, 0.3) is 0 Å². The second-order valence-electron chi connectivity index (χ2n) is 4.94. The van der Waals surface area contributed by atoms with Crippen LogP contribution in [0.1, 0.15) is 5.56 Å². The number of aliphatic hydroxyl groups excluding tert-OH is 1. The molecule has 0 aliphatic heterocycles. The van der Waals surface area contributed by atoms with Crippen molar-refractivity contribution in [3.63, 3.8) is 0 Å². The molecule has 0 heterocycles. The molecule has 0 spiro atoms. The van der Waals surface area contributed by atoms with Crippen LogP contribution in [0.15, 0.2) is 53.4 Å². The first-order valence-electron chi connectivity index (χ1n) is 7.05. The average Bonchev–Trinajstić information content (AvgIpc) is 2.54. The van der Waals surface area contributed by atoms with Gasteiger partial charge in [0.2, 0.25) is 10.0 Å². The number of hydrogen-bond acceptors (Lipinski definition) is 3. The number of benzene rings is 2. The van der Waals surface area contributed by atoms with E-state index in [1.54, 1.807) is 0 Å². The van der Waals surface area contributed by atoms with E-state index in [-0.39, 0.29) is 24.6 Å². The molecule has 124 valence electrons. The molecule has 0 amide bonds. The summed E-state index contributed by atoms with van der Waals surface area (Å²) >= 11 is 0. The van der Waals surface area contributed by atoms with Crippen molar-refractivity contribution in [1.29, 1.82) is 0 Å². The van der Waals surface area contributed by atoms with E-state index in [1.165, 1.54) is 0 Å². The van der Waals surface area contributed by atoms with Gasteiger partial charge in [-0.1, -0.05) is 30.3 Å². The highest BCUT2D eigenvalue weighted by molar-refractivity contribution is 7.89. The molecule has 0 saturated heterocycles. The van der Waals surface area contributed by atoms with E-state index in [9.17, 15) is 17.2 Å². The molecule has 0 aliphatic carbocycles. The van der Waals surface area contributed by atoms with Gasteiger partial charge in [0.05, 0.1) is 11.5 Å². The van der Waals surface area contributed by atoms with E-state index in [0.717, 1.165) is 22.0 Å². The SMILES string of the molecule is O=S(=O)(c1ccc(F)c(F)c1)N(CCO)CCc1ccccc1. The van der Waals surface area contributed by atoms with E-state index >= 15 is 0 Å². The van der Waals surface area contributed by atoms with Gasteiger partial charge >= 0.3 is 0 Å². The number of aliphatic hydroxyl groups is 1. The standard InChI is InChI=1S/C16H17F2NO3S/c17-15-7-6-14(12-16(15)18)23(21,22)19(10-11-20)9-8-13-4-2-1-3-5-13/h1-7,12,20H,8-11H2. The summed E-state index contributed by atoms with van der Waals surface area (Å²) in [5, 5.41) is 9.10. The average molecular weight is 341 g/mol. The second-order valence-corrected chi connectivity index (χ2v) is 6.88. The number of hydrogen-bond donors (Lipinski definition) is 1. The van der Waals surface area contributed by atoms with Crippen LogP contribution in [0.4, 0.5) is 8.78 Å². The van der Waals surface area contributed by atoms with E-state index in [0.29, 0.717) is 12.5 Å². The van der Waals surface area contributed by atoms with Gasteiger partial charge in [-0.05, 0) is 30.2 Å². The third-order valence-corrected chi connectivity index (χ3v) is 5.27. The lowest BCUT2D eigenvalue weighted by molar-refractivity contribution is 0.254. The van der Waals surface area contributed by atoms with Gasteiger partial charge < -0.3 is 5.11 Å². The Kier molecular flexibility index (Phi) is 5.81. The van der Waals surface area contributed by atoms with Crippen LogP contribution in [-0.4, -0.2) is 37.5 Å². The third kappa shape index (κ3) is 4.34. The largest absolute Gasteiger partial charge is 0.395 e. The lowest BCUT2D eigenvalue weighted by Crippen LogP contribution is -2.35. The van der Waals surface area contributed by atoms with Gasteiger partial charge in [0.1, 0.15) is 0 Å². The Hall–Kier alpha value is -1.83. The number of halogens is 2. The summed E-state index contributed by atoms with van der Waals surface area (Å²) in [6, 6.07) is 11.7. The van der Waals surface area contributed by atoms with Crippen molar-refractivity contribution in [2.24, 2.45) is 0 Å². The number of rotatable bonds is 7. The van der Waals surface area contributed by atoms with Crippen molar-refractivity contribution in [3.05, 3.63) is 65.7 Å². The van der Waals surface area contributed by atoms with Crippen molar-refractivity contribution >= 4 is 10.0 Å². The molecule has 2 aromatic carbocycles. The van der Waals surface area contributed by atoms with Gasteiger partial charge in [0.15, 0.2) is 11.6 Å². The van der Waals surface area contributed by atoms with Crippen molar-refractivity contribution in [1.82, 2.24) is 4.31 Å². The van der Waals surface area contributed by atoms with Gasteiger partial charge in [-0.15, -0.1) is 0 Å². The summed E-state index contributed by atoms with van der Waals surface area (Å²) in [6.45, 7) is -0.349. The zero-order valence-electron chi connectivity index (χ0n) is 12.3. The summed E-state index contributed by atoms with van der Waals surface area (Å²) in [4.78, 5) is -0.335. The molecule has 0 aromatic heterocycles. The lowest BCUT2D eigenvalue weighted by Gasteiger charge is -2.21. The number of sulfonamides is 1. The molecule has 23 heavy (non-hydrogen) atoms. The van der Waals surface area contributed by atoms with Crippen LogP contribution in [-0.2, 0) is 16.4 Å². The van der Waals surface area contributed by atoms with Crippen LogP contribution in [0.5, 0.6) is 0 Å². The lowest BCUT2D eigenvalue weighted by atomic mass is 10.1. The molecule has 0 atom stereocenters. The molecule has 0 unspecified atom stereocenters. The van der Waals surface area contributed by atoms with Crippen LogP contribution in [0, 0.1) is 11.6 Å². The highest BCUT2D eigenvalue weighted by atomic mass is 32.2. The van der Waals surface area contributed by atoms with Crippen molar-refractivity contribution in [2.75, 3.05) is 19.7 Å². The molecule has 0 aliphatic rings. The minimum Gasteiger partial charge on any atom is -0.395 e. The Morgan fingerprint density at radius 2 is 1.65 bits per heavy atom. The highest BCUT2D eigenvalue weighted by Gasteiger charge is 2.25. The molecule has 1 N–H and O–H groups in total. The summed E-state index contributed by atoms with van der Waals surface area (Å²) < 4.78 is 52.4. The topological polar surface area (TPSA) is 57.6 Å². The summed E-state index contributed by atoms with van der Waals surface area (Å²) in [5.74, 6) is -2.33. The summed E-state index contributed by atoms with van der Waals surface area (Å²) in [5.41, 5.74) is 0.941. The molecular weight excluding hydrogens is 324 g/mol. The fraction of sp³-hybridized carbons (Fsp3) is 0.250. The third-order valence-electron chi connectivity index (χ3n) is 3.37. The molecule has 4 nitrogen and oxygen atoms in total. The predicted molar refractivity (Wildman–Crippen MR) is 82.3 cm³/mol.